The van der Waals surface area contributed by atoms with Gasteiger partial charge in [-0.3, -0.25) is 4.79 Å². The second kappa shape index (κ2) is 5.68. The van der Waals surface area contributed by atoms with Gasteiger partial charge in [0.05, 0.1) is 6.54 Å². The van der Waals surface area contributed by atoms with E-state index in [9.17, 15) is 18.0 Å². The molecule has 17 heavy (non-hydrogen) atoms. The third-order valence-electron chi connectivity index (χ3n) is 2.84. The minimum atomic E-state index is -4.69. The minimum absolute atomic E-state index is 0.187. The predicted molar refractivity (Wildman–Crippen MR) is 55.3 cm³/mol. The summed E-state index contributed by atoms with van der Waals surface area (Å²) in [5, 5.41) is 14.0. The standard InChI is InChI=1S/C10H17F3N2O2/c1-6-4-7(2-3-14-6)9(17)15-5-8(16)10(11,12)13/h6-8,14,16H,2-5H2,1H3,(H,15,17). The van der Waals surface area contributed by atoms with Gasteiger partial charge in [0.15, 0.2) is 6.10 Å². The van der Waals surface area contributed by atoms with E-state index in [1.54, 1.807) is 0 Å². The van der Waals surface area contributed by atoms with Gasteiger partial charge < -0.3 is 15.7 Å². The maximum atomic E-state index is 12.0. The highest BCUT2D eigenvalue weighted by Gasteiger charge is 2.38. The van der Waals surface area contributed by atoms with Crippen molar-refractivity contribution in [1.29, 1.82) is 0 Å². The molecule has 0 aromatic heterocycles. The van der Waals surface area contributed by atoms with Crippen molar-refractivity contribution in [3.8, 4) is 0 Å². The quantitative estimate of drug-likeness (QED) is 0.684. The Morgan fingerprint density at radius 3 is 2.76 bits per heavy atom. The molecule has 3 atom stereocenters. The molecule has 1 aliphatic rings. The van der Waals surface area contributed by atoms with Crippen LogP contribution in [-0.2, 0) is 4.79 Å². The maximum Gasteiger partial charge on any atom is 0.416 e. The third kappa shape index (κ3) is 4.51. The molecule has 3 unspecified atom stereocenters. The number of halogens is 3. The predicted octanol–water partition coefficient (Wildman–Crippen LogP) is 0.414. The van der Waals surface area contributed by atoms with Gasteiger partial charge in [0, 0.05) is 12.0 Å². The number of carbonyl (C=O) groups is 1. The van der Waals surface area contributed by atoms with Crippen LogP contribution in [0.15, 0.2) is 0 Å². The Bertz CT molecular complexity index is 271. The van der Waals surface area contributed by atoms with Crippen molar-refractivity contribution in [3.05, 3.63) is 0 Å². The summed E-state index contributed by atoms with van der Waals surface area (Å²) in [5.74, 6) is -0.687. The zero-order valence-corrected chi connectivity index (χ0v) is 9.55. The lowest BCUT2D eigenvalue weighted by atomic mass is 9.92. The van der Waals surface area contributed by atoms with E-state index in [4.69, 9.17) is 5.11 Å². The zero-order valence-electron chi connectivity index (χ0n) is 9.55. The highest BCUT2D eigenvalue weighted by molar-refractivity contribution is 5.78. The van der Waals surface area contributed by atoms with Crippen LogP contribution in [0.4, 0.5) is 13.2 Å². The van der Waals surface area contributed by atoms with E-state index in [0.717, 1.165) is 0 Å². The summed E-state index contributed by atoms with van der Waals surface area (Å²) in [6, 6.07) is 0.187. The van der Waals surface area contributed by atoms with E-state index in [1.807, 2.05) is 6.92 Å². The van der Waals surface area contributed by atoms with Crippen molar-refractivity contribution in [2.75, 3.05) is 13.1 Å². The molecule has 7 heteroatoms. The normalized spacial score (nSPS) is 27.6. The van der Waals surface area contributed by atoms with E-state index < -0.39 is 24.7 Å². The zero-order chi connectivity index (χ0) is 13.1. The lowest BCUT2D eigenvalue weighted by molar-refractivity contribution is -0.202. The third-order valence-corrected chi connectivity index (χ3v) is 2.84. The average Bonchev–Trinajstić information content (AvgIpc) is 2.24. The van der Waals surface area contributed by atoms with Crippen molar-refractivity contribution in [2.45, 2.75) is 38.1 Å². The number of piperidine rings is 1. The molecule has 4 nitrogen and oxygen atoms in total. The van der Waals surface area contributed by atoms with Crippen LogP contribution in [0.25, 0.3) is 0 Å². The smallest absolute Gasteiger partial charge is 0.382 e. The first kappa shape index (κ1) is 14.2. The van der Waals surface area contributed by atoms with E-state index >= 15 is 0 Å². The SMILES string of the molecule is CC1CC(C(=O)NCC(O)C(F)(F)F)CCN1. The monoisotopic (exact) mass is 254 g/mol. The summed E-state index contributed by atoms with van der Waals surface area (Å²) in [6.45, 7) is 1.83. The topological polar surface area (TPSA) is 61.4 Å². The van der Waals surface area contributed by atoms with E-state index in [-0.39, 0.29) is 12.0 Å². The van der Waals surface area contributed by atoms with Gasteiger partial charge in [-0.15, -0.1) is 0 Å². The molecule has 0 spiro atoms. The molecule has 3 N–H and O–H groups in total. The summed E-state index contributed by atoms with van der Waals surface area (Å²) in [4.78, 5) is 11.6. The molecule has 100 valence electrons. The molecule has 1 amide bonds. The van der Waals surface area contributed by atoms with Crippen molar-refractivity contribution < 1.29 is 23.1 Å². The van der Waals surface area contributed by atoms with Crippen LogP contribution >= 0.6 is 0 Å². The second-order valence-electron chi connectivity index (χ2n) is 4.38. The molecule has 1 saturated heterocycles. The van der Waals surface area contributed by atoms with Crippen molar-refractivity contribution >= 4 is 5.91 Å². The molecule has 1 fully saturated rings. The van der Waals surface area contributed by atoms with Gasteiger partial charge in [-0.25, -0.2) is 0 Å². The van der Waals surface area contributed by atoms with Gasteiger partial charge >= 0.3 is 6.18 Å². The first-order valence-corrected chi connectivity index (χ1v) is 5.56. The van der Waals surface area contributed by atoms with Gasteiger partial charge in [-0.2, -0.15) is 13.2 Å². The maximum absolute atomic E-state index is 12.0. The van der Waals surface area contributed by atoms with Crippen LogP contribution in [0.5, 0.6) is 0 Å². The molecular weight excluding hydrogens is 237 g/mol. The number of aliphatic hydroxyl groups excluding tert-OH is 1. The van der Waals surface area contributed by atoms with E-state index in [1.165, 1.54) is 0 Å². The Kier molecular flexibility index (Phi) is 4.76. The fraction of sp³-hybridized carbons (Fsp3) is 0.900. The van der Waals surface area contributed by atoms with Crippen molar-refractivity contribution in [1.82, 2.24) is 10.6 Å². The Hall–Kier alpha value is -0.820. The second-order valence-corrected chi connectivity index (χ2v) is 4.38. The van der Waals surface area contributed by atoms with Crippen LogP contribution in [0.1, 0.15) is 19.8 Å². The Balaban J connectivity index is 2.34. The lowest BCUT2D eigenvalue weighted by Gasteiger charge is -2.27. The van der Waals surface area contributed by atoms with Crippen LogP contribution < -0.4 is 10.6 Å². The molecule has 0 aliphatic carbocycles. The summed E-state index contributed by atoms with van der Waals surface area (Å²) < 4.78 is 36.0. The number of hydrogen-bond acceptors (Lipinski definition) is 3. The minimum Gasteiger partial charge on any atom is -0.382 e. The average molecular weight is 254 g/mol. The lowest BCUT2D eigenvalue weighted by Crippen LogP contribution is -2.46. The van der Waals surface area contributed by atoms with Crippen LogP contribution in [0.2, 0.25) is 0 Å². The molecular formula is C10H17F3N2O2. The highest BCUT2D eigenvalue weighted by atomic mass is 19.4. The van der Waals surface area contributed by atoms with E-state index in [2.05, 4.69) is 10.6 Å². The molecule has 0 radical (unpaired) electrons. The summed E-state index contributed by atoms with van der Waals surface area (Å²) in [6.07, 6.45) is -5.97. The number of aliphatic hydroxyl groups is 1. The number of alkyl halides is 3. The Morgan fingerprint density at radius 2 is 2.24 bits per heavy atom. The van der Waals surface area contributed by atoms with Gasteiger partial charge in [-0.05, 0) is 26.3 Å². The number of rotatable bonds is 3. The molecule has 1 aliphatic heterocycles. The summed E-state index contributed by atoms with van der Waals surface area (Å²) in [5.41, 5.74) is 0. The molecule has 0 saturated carbocycles. The number of hydrogen-bond donors (Lipinski definition) is 3. The number of nitrogens with one attached hydrogen (secondary N) is 2. The molecule has 1 rings (SSSR count). The molecule has 1 heterocycles. The van der Waals surface area contributed by atoms with E-state index in [0.29, 0.717) is 19.4 Å². The number of carbonyl (C=O) groups excluding carboxylic acids is 1. The van der Waals surface area contributed by atoms with Crippen molar-refractivity contribution in [2.24, 2.45) is 5.92 Å². The number of amides is 1. The first-order chi connectivity index (χ1) is 7.80. The van der Waals surface area contributed by atoms with Gasteiger partial charge in [0.25, 0.3) is 0 Å². The van der Waals surface area contributed by atoms with Crippen molar-refractivity contribution in [3.63, 3.8) is 0 Å². The first-order valence-electron chi connectivity index (χ1n) is 5.56. The highest BCUT2D eigenvalue weighted by Crippen LogP contribution is 2.20. The summed E-state index contributed by atoms with van der Waals surface area (Å²) in [7, 11) is 0. The largest absolute Gasteiger partial charge is 0.416 e. The molecule has 0 aromatic rings. The van der Waals surface area contributed by atoms with Gasteiger partial charge in [0.1, 0.15) is 0 Å². The fourth-order valence-electron chi connectivity index (χ4n) is 1.83. The fourth-order valence-corrected chi connectivity index (χ4v) is 1.83. The van der Waals surface area contributed by atoms with Crippen LogP contribution in [0, 0.1) is 5.92 Å². The van der Waals surface area contributed by atoms with Crippen LogP contribution in [0.3, 0.4) is 0 Å². The Labute approximate surface area is 97.6 Å². The van der Waals surface area contributed by atoms with Gasteiger partial charge in [-0.1, -0.05) is 0 Å². The molecule has 0 aromatic carbocycles. The van der Waals surface area contributed by atoms with Crippen LogP contribution in [-0.4, -0.2) is 42.4 Å². The molecule has 0 bridgehead atoms. The summed E-state index contributed by atoms with van der Waals surface area (Å²) >= 11 is 0. The Morgan fingerprint density at radius 1 is 1.59 bits per heavy atom. The van der Waals surface area contributed by atoms with Gasteiger partial charge in [0.2, 0.25) is 5.91 Å².